The number of nitriles is 1. The molecule has 1 aromatic carbocycles. The standard InChI is InChI=1S/C13H16F2N2/c1-3-4-5-6-17(2)13-11(14)7-10(9-16)8-12(13)15/h7-8H,3-6H2,1-2H3. The minimum absolute atomic E-state index is 0.00529. The fourth-order valence-electron chi connectivity index (χ4n) is 1.71. The van der Waals surface area contributed by atoms with Crippen molar-refractivity contribution >= 4 is 5.69 Å². The normalized spacial score (nSPS) is 10.1. The average molecular weight is 238 g/mol. The van der Waals surface area contributed by atoms with E-state index in [1.165, 1.54) is 0 Å². The number of unbranched alkanes of at least 4 members (excludes halogenated alkanes) is 2. The summed E-state index contributed by atoms with van der Waals surface area (Å²) in [6.07, 6.45) is 2.99. The quantitative estimate of drug-likeness (QED) is 0.734. The molecule has 0 saturated heterocycles. The molecule has 4 heteroatoms. The number of hydrogen-bond donors (Lipinski definition) is 0. The molecule has 0 spiro atoms. The van der Waals surface area contributed by atoms with E-state index in [1.807, 2.05) is 0 Å². The van der Waals surface area contributed by atoms with Gasteiger partial charge in [0, 0.05) is 13.6 Å². The highest BCUT2D eigenvalue weighted by atomic mass is 19.1. The lowest BCUT2D eigenvalue weighted by Crippen LogP contribution is -2.21. The number of hydrogen-bond acceptors (Lipinski definition) is 2. The molecule has 17 heavy (non-hydrogen) atoms. The molecular weight excluding hydrogens is 222 g/mol. The van der Waals surface area contributed by atoms with Gasteiger partial charge in [-0.2, -0.15) is 5.26 Å². The molecule has 0 amide bonds. The van der Waals surface area contributed by atoms with Gasteiger partial charge in [-0.05, 0) is 18.6 Å². The Morgan fingerprint density at radius 1 is 1.24 bits per heavy atom. The van der Waals surface area contributed by atoms with Gasteiger partial charge in [-0.1, -0.05) is 19.8 Å². The third-order valence-electron chi connectivity index (χ3n) is 2.62. The van der Waals surface area contributed by atoms with Gasteiger partial charge in [-0.15, -0.1) is 0 Å². The van der Waals surface area contributed by atoms with Crippen molar-refractivity contribution in [3.8, 4) is 6.07 Å². The second-order valence-electron chi connectivity index (χ2n) is 4.03. The fraction of sp³-hybridized carbons (Fsp3) is 0.462. The second-order valence-corrected chi connectivity index (χ2v) is 4.03. The van der Waals surface area contributed by atoms with E-state index >= 15 is 0 Å². The summed E-state index contributed by atoms with van der Waals surface area (Å²) in [5.41, 5.74) is -0.0502. The Morgan fingerprint density at radius 3 is 2.29 bits per heavy atom. The van der Waals surface area contributed by atoms with Gasteiger partial charge >= 0.3 is 0 Å². The first-order valence-electron chi connectivity index (χ1n) is 5.70. The van der Waals surface area contributed by atoms with Crippen LogP contribution in [0.2, 0.25) is 0 Å². The van der Waals surface area contributed by atoms with E-state index in [-0.39, 0.29) is 11.3 Å². The van der Waals surface area contributed by atoms with Gasteiger partial charge in [0.05, 0.1) is 11.6 Å². The number of nitrogens with zero attached hydrogens (tertiary/aromatic N) is 2. The van der Waals surface area contributed by atoms with Crippen LogP contribution in [0, 0.1) is 23.0 Å². The van der Waals surface area contributed by atoms with Crippen LogP contribution in [0.1, 0.15) is 31.7 Å². The Balaban J connectivity index is 2.87. The van der Waals surface area contributed by atoms with Crippen LogP contribution in [0.5, 0.6) is 0 Å². The number of benzene rings is 1. The molecule has 1 aromatic rings. The summed E-state index contributed by atoms with van der Waals surface area (Å²) in [7, 11) is 1.66. The van der Waals surface area contributed by atoms with E-state index in [1.54, 1.807) is 18.0 Å². The third kappa shape index (κ3) is 3.42. The Kier molecular flexibility index (Phi) is 4.89. The molecule has 0 saturated carbocycles. The Hall–Kier alpha value is -1.63. The van der Waals surface area contributed by atoms with E-state index in [2.05, 4.69) is 6.92 Å². The zero-order valence-corrected chi connectivity index (χ0v) is 10.1. The van der Waals surface area contributed by atoms with Crippen LogP contribution in [0.4, 0.5) is 14.5 Å². The maximum Gasteiger partial charge on any atom is 0.150 e. The Bertz CT molecular complexity index is 401. The topological polar surface area (TPSA) is 27.0 Å². The van der Waals surface area contributed by atoms with Gasteiger partial charge in [-0.25, -0.2) is 8.78 Å². The zero-order valence-electron chi connectivity index (χ0n) is 10.1. The van der Waals surface area contributed by atoms with Crippen LogP contribution in [-0.2, 0) is 0 Å². The van der Waals surface area contributed by atoms with Gasteiger partial charge in [0.25, 0.3) is 0 Å². The van der Waals surface area contributed by atoms with Gasteiger partial charge in [-0.3, -0.25) is 0 Å². The Morgan fingerprint density at radius 2 is 1.82 bits per heavy atom. The lowest BCUT2D eigenvalue weighted by molar-refractivity contribution is 0.572. The molecule has 92 valence electrons. The van der Waals surface area contributed by atoms with Crippen LogP contribution in [0.15, 0.2) is 12.1 Å². The second kappa shape index (κ2) is 6.19. The monoisotopic (exact) mass is 238 g/mol. The van der Waals surface area contributed by atoms with Crippen LogP contribution >= 0.6 is 0 Å². The van der Waals surface area contributed by atoms with Crippen molar-refractivity contribution in [3.63, 3.8) is 0 Å². The summed E-state index contributed by atoms with van der Waals surface area (Å²) < 4.78 is 27.2. The summed E-state index contributed by atoms with van der Waals surface area (Å²) in [4.78, 5) is 1.56. The van der Waals surface area contributed by atoms with E-state index in [4.69, 9.17) is 5.26 Å². The molecule has 0 N–H and O–H groups in total. The summed E-state index contributed by atoms with van der Waals surface area (Å²) in [6, 6.07) is 3.86. The molecule has 0 aliphatic rings. The molecule has 0 radical (unpaired) electrons. The van der Waals surface area contributed by atoms with E-state index in [9.17, 15) is 8.78 Å². The zero-order chi connectivity index (χ0) is 12.8. The average Bonchev–Trinajstić information content (AvgIpc) is 2.28. The fourth-order valence-corrected chi connectivity index (χ4v) is 1.71. The lowest BCUT2D eigenvalue weighted by atomic mass is 10.1. The molecule has 1 rings (SSSR count). The predicted octanol–water partition coefficient (Wildman–Crippen LogP) is 3.46. The third-order valence-corrected chi connectivity index (χ3v) is 2.62. The minimum Gasteiger partial charge on any atom is -0.370 e. The highest BCUT2D eigenvalue weighted by Gasteiger charge is 2.14. The van der Waals surface area contributed by atoms with Crippen molar-refractivity contribution < 1.29 is 8.78 Å². The number of halogens is 2. The molecule has 0 fully saturated rings. The number of anilines is 1. The van der Waals surface area contributed by atoms with Crippen molar-refractivity contribution in [1.82, 2.24) is 0 Å². The van der Waals surface area contributed by atoms with Crippen LogP contribution in [0.3, 0.4) is 0 Å². The molecule has 0 aliphatic carbocycles. The Labute approximate surface area is 100 Å². The van der Waals surface area contributed by atoms with Crippen LogP contribution in [-0.4, -0.2) is 13.6 Å². The van der Waals surface area contributed by atoms with Crippen LogP contribution in [0.25, 0.3) is 0 Å². The van der Waals surface area contributed by atoms with Crippen molar-refractivity contribution in [1.29, 1.82) is 5.26 Å². The first-order valence-corrected chi connectivity index (χ1v) is 5.70. The van der Waals surface area contributed by atoms with E-state index in [0.29, 0.717) is 6.54 Å². The van der Waals surface area contributed by atoms with E-state index in [0.717, 1.165) is 31.4 Å². The molecule has 0 bridgehead atoms. The largest absolute Gasteiger partial charge is 0.370 e. The van der Waals surface area contributed by atoms with Crippen molar-refractivity contribution in [3.05, 3.63) is 29.3 Å². The summed E-state index contributed by atoms with van der Waals surface area (Å²) >= 11 is 0. The number of rotatable bonds is 5. The highest BCUT2D eigenvalue weighted by Crippen LogP contribution is 2.24. The first kappa shape index (κ1) is 13.4. The maximum absolute atomic E-state index is 13.6. The molecule has 0 atom stereocenters. The molecular formula is C13H16F2N2. The molecule has 0 heterocycles. The molecule has 0 aromatic heterocycles. The molecule has 0 aliphatic heterocycles. The smallest absolute Gasteiger partial charge is 0.150 e. The summed E-state index contributed by atoms with van der Waals surface area (Å²) in [5.74, 6) is -1.36. The summed E-state index contributed by atoms with van der Waals surface area (Å²) in [6.45, 7) is 2.68. The predicted molar refractivity (Wildman–Crippen MR) is 63.9 cm³/mol. The first-order chi connectivity index (χ1) is 8.10. The lowest BCUT2D eigenvalue weighted by Gasteiger charge is -2.20. The van der Waals surface area contributed by atoms with E-state index < -0.39 is 11.6 Å². The van der Waals surface area contributed by atoms with Crippen LogP contribution < -0.4 is 4.90 Å². The summed E-state index contributed by atoms with van der Waals surface area (Å²) in [5, 5.41) is 8.59. The van der Waals surface area contributed by atoms with Gasteiger partial charge in [0.15, 0.2) is 11.6 Å². The SMILES string of the molecule is CCCCCN(C)c1c(F)cc(C#N)cc1F. The van der Waals surface area contributed by atoms with Gasteiger partial charge in [0.2, 0.25) is 0 Å². The van der Waals surface area contributed by atoms with Crippen molar-refractivity contribution in [2.75, 3.05) is 18.5 Å². The van der Waals surface area contributed by atoms with Crippen molar-refractivity contribution in [2.24, 2.45) is 0 Å². The van der Waals surface area contributed by atoms with Gasteiger partial charge < -0.3 is 4.90 Å². The molecule has 2 nitrogen and oxygen atoms in total. The van der Waals surface area contributed by atoms with Crippen molar-refractivity contribution in [2.45, 2.75) is 26.2 Å². The minimum atomic E-state index is -0.680. The van der Waals surface area contributed by atoms with Gasteiger partial charge in [0.1, 0.15) is 5.69 Å². The molecule has 0 unspecified atom stereocenters. The maximum atomic E-state index is 13.6. The highest BCUT2D eigenvalue weighted by molar-refractivity contribution is 5.52.